The third kappa shape index (κ3) is 2.97. The summed E-state index contributed by atoms with van der Waals surface area (Å²) >= 11 is 0. The molecule has 2 fully saturated rings. The number of amides is 1. The SMILES string of the molecule is Cc1nc(C(F)(F)F)ccc1C(=O)NC1CC2CC(C(=O)O)CC21. The number of nitrogens with zero attached hydrogens (tertiary/aromatic N) is 1. The van der Waals surface area contributed by atoms with Gasteiger partial charge in [0.1, 0.15) is 5.69 Å². The van der Waals surface area contributed by atoms with Gasteiger partial charge in [-0.3, -0.25) is 9.59 Å². The normalized spacial score (nSPS) is 28.8. The Balaban J connectivity index is 1.65. The molecule has 4 unspecified atom stereocenters. The third-order valence-electron chi connectivity index (χ3n) is 5.11. The average molecular weight is 342 g/mol. The molecule has 5 nitrogen and oxygen atoms in total. The van der Waals surface area contributed by atoms with Crippen molar-refractivity contribution in [3.8, 4) is 0 Å². The van der Waals surface area contributed by atoms with E-state index in [0.29, 0.717) is 25.2 Å². The molecule has 2 saturated carbocycles. The molecule has 0 radical (unpaired) electrons. The summed E-state index contributed by atoms with van der Waals surface area (Å²) in [6, 6.07) is 1.81. The molecule has 1 aromatic rings. The van der Waals surface area contributed by atoms with Crippen LogP contribution in [0.25, 0.3) is 0 Å². The Bertz CT molecular complexity index is 690. The predicted octanol–water partition coefficient (Wildman–Crippen LogP) is 2.64. The number of halogens is 3. The minimum atomic E-state index is -4.54. The van der Waals surface area contributed by atoms with Crippen LogP contribution in [0.5, 0.6) is 0 Å². The van der Waals surface area contributed by atoms with Crippen LogP contribution < -0.4 is 5.32 Å². The second kappa shape index (κ2) is 5.75. The van der Waals surface area contributed by atoms with Crippen molar-refractivity contribution in [1.29, 1.82) is 0 Å². The molecule has 1 aromatic heterocycles. The lowest BCUT2D eigenvalue weighted by atomic mass is 9.71. The molecule has 1 heterocycles. The Kier molecular flexibility index (Phi) is 4.01. The Morgan fingerprint density at radius 2 is 1.96 bits per heavy atom. The van der Waals surface area contributed by atoms with E-state index in [-0.39, 0.29) is 29.1 Å². The van der Waals surface area contributed by atoms with E-state index in [9.17, 15) is 22.8 Å². The molecule has 2 N–H and O–H groups in total. The molecule has 0 saturated heterocycles. The molecular formula is C16H17F3N2O3. The first kappa shape index (κ1) is 16.7. The lowest BCUT2D eigenvalue weighted by Crippen LogP contribution is -2.50. The molecule has 1 amide bonds. The van der Waals surface area contributed by atoms with Crippen LogP contribution in [0, 0.1) is 24.7 Å². The Hall–Kier alpha value is -2.12. The van der Waals surface area contributed by atoms with Crippen LogP contribution in [0.3, 0.4) is 0 Å². The molecule has 0 spiro atoms. The second-order valence-corrected chi connectivity index (χ2v) is 6.57. The summed E-state index contributed by atoms with van der Waals surface area (Å²) in [4.78, 5) is 26.8. The number of alkyl halides is 3. The third-order valence-corrected chi connectivity index (χ3v) is 5.11. The molecule has 130 valence electrons. The summed E-state index contributed by atoms with van der Waals surface area (Å²) in [5.74, 6) is -1.19. The van der Waals surface area contributed by atoms with Crippen LogP contribution in [-0.2, 0) is 11.0 Å². The second-order valence-electron chi connectivity index (χ2n) is 6.57. The highest BCUT2D eigenvalue weighted by atomic mass is 19.4. The molecule has 0 aliphatic heterocycles. The number of carboxylic acids is 1. The van der Waals surface area contributed by atoms with Crippen LogP contribution in [-0.4, -0.2) is 28.0 Å². The lowest BCUT2D eigenvalue weighted by molar-refractivity contribution is -0.142. The van der Waals surface area contributed by atoms with Gasteiger partial charge in [0.25, 0.3) is 5.91 Å². The minimum absolute atomic E-state index is 0.0213. The number of aliphatic carboxylic acids is 1. The van der Waals surface area contributed by atoms with E-state index >= 15 is 0 Å². The molecule has 0 aromatic carbocycles. The van der Waals surface area contributed by atoms with E-state index in [1.54, 1.807) is 0 Å². The summed E-state index contributed by atoms with van der Waals surface area (Å²) in [6.45, 7) is 1.36. The molecule has 0 bridgehead atoms. The Morgan fingerprint density at radius 1 is 1.25 bits per heavy atom. The van der Waals surface area contributed by atoms with Crippen molar-refractivity contribution in [2.75, 3.05) is 0 Å². The highest BCUT2D eigenvalue weighted by molar-refractivity contribution is 5.95. The summed E-state index contributed by atoms with van der Waals surface area (Å²) in [5.41, 5.74) is -0.896. The number of carbonyl (C=O) groups excluding carboxylic acids is 1. The van der Waals surface area contributed by atoms with Crippen molar-refractivity contribution >= 4 is 11.9 Å². The van der Waals surface area contributed by atoms with Gasteiger partial charge in [0.15, 0.2) is 0 Å². The highest BCUT2D eigenvalue weighted by Crippen LogP contribution is 2.49. The van der Waals surface area contributed by atoms with Gasteiger partial charge in [0, 0.05) is 6.04 Å². The van der Waals surface area contributed by atoms with Gasteiger partial charge in [0.2, 0.25) is 0 Å². The molecule has 3 rings (SSSR count). The van der Waals surface area contributed by atoms with Gasteiger partial charge in [-0.25, -0.2) is 4.98 Å². The fraction of sp³-hybridized carbons (Fsp3) is 0.562. The standard InChI is InChI=1S/C16H17F3N2O3/c1-7-10(2-3-13(20-7)16(17,18)19)14(22)21-12-6-8-4-9(15(23)24)5-11(8)12/h2-3,8-9,11-12H,4-6H2,1H3,(H,21,22)(H,23,24). The van der Waals surface area contributed by atoms with Crippen molar-refractivity contribution < 1.29 is 27.9 Å². The fourth-order valence-electron chi connectivity index (χ4n) is 3.80. The van der Waals surface area contributed by atoms with Crippen LogP contribution in [0.2, 0.25) is 0 Å². The topological polar surface area (TPSA) is 79.3 Å². The molecule has 4 atom stereocenters. The predicted molar refractivity (Wildman–Crippen MR) is 77.2 cm³/mol. The lowest BCUT2D eigenvalue weighted by Gasteiger charge is -2.40. The summed E-state index contributed by atoms with van der Waals surface area (Å²) in [5, 5.41) is 11.9. The first-order chi connectivity index (χ1) is 11.2. The van der Waals surface area contributed by atoms with E-state index in [4.69, 9.17) is 5.11 Å². The number of fused-ring (bicyclic) bond motifs is 1. The monoisotopic (exact) mass is 342 g/mol. The van der Waals surface area contributed by atoms with E-state index in [1.807, 2.05) is 0 Å². The fourth-order valence-corrected chi connectivity index (χ4v) is 3.80. The van der Waals surface area contributed by atoms with Crippen LogP contribution in [0.4, 0.5) is 13.2 Å². The summed E-state index contributed by atoms with van der Waals surface area (Å²) < 4.78 is 37.8. The zero-order valence-electron chi connectivity index (χ0n) is 12.9. The number of nitrogens with one attached hydrogen (secondary N) is 1. The molecule has 24 heavy (non-hydrogen) atoms. The van der Waals surface area contributed by atoms with Crippen molar-refractivity contribution in [3.05, 3.63) is 29.1 Å². The van der Waals surface area contributed by atoms with Crippen molar-refractivity contribution in [2.24, 2.45) is 17.8 Å². The van der Waals surface area contributed by atoms with Crippen molar-refractivity contribution in [2.45, 2.75) is 38.4 Å². The first-order valence-corrected chi connectivity index (χ1v) is 7.75. The maximum Gasteiger partial charge on any atom is 0.433 e. The van der Waals surface area contributed by atoms with Crippen LogP contribution in [0.15, 0.2) is 12.1 Å². The Morgan fingerprint density at radius 3 is 2.54 bits per heavy atom. The maximum absolute atomic E-state index is 12.6. The number of aryl methyl sites for hydroxylation is 1. The smallest absolute Gasteiger partial charge is 0.433 e. The summed E-state index contributed by atoms with van der Waals surface area (Å²) in [6.07, 6.45) is -2.66. The number of carboxylic acid groups (broad SMARTS) is 1. The number of aromatic nitrogens is 1. The average Bonchev–Trinajstić information content (AvgIpc) is 2.81. The van der Waals surface area contributed by atoms with Gasteiger partial charge in [-0.2, -0.15) is 13.2 Å². The van der Waals surface area contributed by atoms with Crippen LogP contribution >= 0.6 is 0 Å². The largest absolute Gasteiger partial charge is 0.481 e. The van der Waals surface area contributed by atoms with Gasteiger partial charge in [-0.1, -0.05) is 0 Å². The number of rotatable bonds is 3. The van der Waals surface area contributed by atoms with E-state index in [0.717, 1.165) is 12.1 Å². The van der Waals surface area contributed by atoms with Gasteiger partial charge in [-0.05, 0) is 50.2 Å². The zero-order chi connectivity index (χ0) is 17.6. The number of pyridine rings is 1. The summed E-state index contributed by atoms with van der Waals surface area (Å²) in [7, 11) is 0. The zero-order valence-corrected chi connectivity index (χ0v) is 12.9. The molecular weight excluding hydrogens is 325 g/mol. The first-order valence-electron chi connectivity index (χ1n) is 7.75. The number of hydrogen-bond acceptors (Lipinski definition) is 3. The van der Waals surface area contributed by atoms with Crippen molar-refractivity contribution in [1.82, 2.24) is 10.3 Å². The van der Waals surface area contributed by atoms with Gasteiger partial charge in [0.05, 0.1) is 17.2 Å². The van der Waals surface area contributed by atoms with Crippen molar-refractivity contribution in [3.63, 3.8) is 0 Å². The quantitative estimate of drug-likeness (QED) is 0.885. The highest BCUT2D eigenvalue weighted by Gasteiger charge is 2.50. The Labute approximate surface area is 136 Å². The minimum Gasteiger partial charge on any atom is -0.481 e. The molecule has 8 heteroatoms. The van der Waals surface area contributed by atoms with Gasteiger partial charge < -0.3 is 10.4 Å². The van der Waals surface area contributed by atoms with E-state index in [2.05, 4.69) is 10.3 Å². The molecule has 2 aliphatic carbocycles. The van der Waals surface area contributed by atoms with E-state index in [1.165, 1.54) is 6.92 Å². The van der Waals surface area contributed by atoms with Gasteiger partial charge in [-0.15, -0.1) is 0 Å². The molecule has 2 aliphatic rings. The van der Waals surface area contributed by atoms with E-state index < -0.39 is 23.7 Å². The number of hydrogen-bond donors (Lipinski definition) is 2. The van der Waals surface area contributed by atoms with Crippen LogP contribution in [0.1, 0.15) is 41.0 Å². The number of carbonyl (C=O) groups is 2. The van der Waals surface area contributed by atoms with Gasteiger partial charge >= 0.3 is 12.1 Å². The maximum atomic E-state index is 12.6.